The van der Waals surface area contributed by atoms with E-state index in [9.17, 15) is 0 Å². The van der Waals surface area contributed by atoms with Crippen LogP contribution in [0.4, 0.5) is 17.1 Å². The molecule has 1 heteroatoms. The first-order valence-corrected chi connectivity index (χ1v) is 18.2. The fourth-order valence-electron chi connectivity index (χ4n) is 7.24. The molecular weight excluding hydrogens is 639 g/mol. The van der Waals surface area contributed by atoms with Gasteiger partial charge < -0.3 is 4.90 Å². The lowest BCUT2D eigenvalue weighted by Gasteiger charge is -2.26. The van der Waals surface area contributed by atoms with Crippen LogP contribution in [0.25, 0.3) is 66.4 Å². The second-order valence-corrected chi connectivity index (χ2v) is 13.4. The minimum Gasteiger partial charge on any atom is -0.311 e. The van der Waals surface area contributed by atoms with Gasteiger partial charge in [-0.3, -0.25) is 0 Å². The van der Waals surface area contributed by atoms with Crippen LogP contribution in [0.1, 0.15) is 0 Å². The van der Waals surface area contributed by atoms with Gasteiger partial charge in [0.25, 0.3) is 0 Å². The molecule has 9 rings (SSSR count). The lowest BCUT2D eigenvalue weighted by Crippen LogP contribution is -2.09. The molecule has 9 aromatic carbocycles. The molecule has 0 saturated carbocycles. The minimum atomic E-state index is 1.11. The van der Waals surface area contributed by atoms with Crippen LogP contribution < -0.4 is 4.90 Å². The van der Waals surface area contributed by atoms with Gasteiger partial charge in [0, 0.05) is 17.1 Å². The Morgan fingerprint density at radius 2 is 0.509 bits per heavy atom. The van der Waals surface area contributed by atoms with E-state index in [1.54, 1.807) is 0 Å². The molecule has 0 aliphatic heterocycles. The smallest absolute Gasteiger partial charge is 0.0462 e. The maximum Gasteiger partial charge on any atom is 0.0462 e. The third-order valence-corrected chi connectivity index (χ3v) is 10.1. The fraction of sp³-hybridized carbons (Fsp3) is 0. The van der Waals surface area contributed by atoms with E-state index in [1.807, 2.05) is 0 Å². The predicted octanol–water partition coefficient (Wildman–Crippen LogP) is 14.6. The number of rotatable bonds is 8. The van der Waals surface area contributed by atoms with Crippen molar-refractivity contribution in [2.45, 2.75) is 0 Å². The number of hydrogen-bond acceptors (Lipinski definition) is 1. The Bertz CT molecular complexity index is 2620. The van der Waals surface area contributed by atoms with Crippen molar-refractivity contribution < 1.29 is 0 Å². The van der Waals surface area contributed by atoms with Crippen molar-refractivity contribution >= 4 is 27.8 Å². The van der Waals surface area contributed by atoms with Gasteiger partial charge in [0.15, 0.2) is 0 Å². The molecule has 9 aromatic rings. The molecule has 0 aliphatic rings. The number of benzene rings is 9. The molecule has 0 aliphatic carbocycles. The van der Waals surface area contributed by atoms with E-state index in [-0.39, 0.29) is 0 Å². The summed E-state index contributed by atoms with van der Waals surface area (Å²) in [6.45, 7) is 0. The Morgan fingerprint density at radius 1 is 0.189 bits per heavy atom. The lowest BCUT2D eigenvalue weighted by molar-refractivity contribution is 1.28. The highest BCUT2D eigenvalue weighted by molar-refractivity contribution is 5.88. The second-order valence-electron chi connectivity index (χ2n) is 13.4. The normalized spacial score (nSPS) is 11.0. The summed E-state index contributed by atoms with van der Waals surface area (Å²) in [4.78, 5) is 2.32. The van der Waals surface area contributed by atoms with Crippen LogP contribution in [0.5, 0.6) is 0 Å². The van der Waals surface area contributed by atoms with E-state index < -0.39 is 0 Å². The van der Waals surface area contributed by atoms with Gasteiger partial charge in [0.1, 0.15) is 0 Å². The Kier molecular flexibility index (Phi) is 8.66. The Labute approximate surface area is 311 Å². The van der Waals surface area contributed by atoms with Gasteiger partial charge in [-0.25, -0.2) is 0 Å². The van der Waals surface area contributed by atoms with Gasteiger partial charge >= 0.3 is 0 Å². The van der Waals surface area contributed by atoms with Gasteiger partial charge in [-0.05, 0) is 121 Å². The van der Waals surface area contributed by atoms with Crippen LogP contribution in [-0.4, -0.2) is 0 Å². The average Bonchev–Trinajstić information content (AvgIpc) is 3.25. The number of para-hydroxylation sites is 1. The highest BCUT2D eigenvalue weighted by Gasteiger charge is 2.13. The van der Waals surface area contributed by atoms with Crippen molar-refractivity contribution in [3.8, 4) is 55.6 Å². The van der Waals surface area contributed by atoms with Crippen LogP contribution in [0.3, 0.4) is 0 Å². The largest absolute Gasteiger partial charge is 0.311 e. The zero-order chi connectivity index (χ0) is 35.4. The van der Waals surface area contributed by atoms with Gasteiger partial charge in [-0.2, -0.15) is 0 Å². The maximum atomic E-state index is 2.32. The number of nitrogens with zero attached hydrogens (tertiary/aromatic N) is 1. The number of hydrogen-bond donors (Lipinski definition) is 0. The van der Waals surface area contributed by atoms with Crippen LogP contribution in [-0.2, 0) is 0 Å². The summed E-state index contributed by atoms with van der Waals surface area (Å²) < 4.78 is 0. The SMILES string of the molecule is c1ccc(-c2cccc(-c3ccc(N(c4ccccc4)c4ccc(-c5ccc(-c6cccc(-c7ccc8ccccc8c7)c6)cc5)cc4)cc3)c2)cc1. The fourth-order valence-corrected chi connectivity index (χ4v) is 7.24. The summed E-state index contributed by atoms with van der Waals surface area (Å²) in [5.74, 6) is 0. The zero-order valence-electron chi connectivity index (χ0n) is 29.3. The summed E-state index contributed by atoms with van der Waals surface area (Å²) in [5.41, 5.74) is 15.4. The summed E-state index contributed by atoms with van der Waals surface area (Å²) in [7, 11) is 0. The van der Waals surface area contributed by atoms with Crippen molar-refractivity contribution in [1.82, 2.24) is 0 Å². The van der Waals surface area contributed by atoms with Crippen molar-refractivity contribution in [1.29, 1.82) is 0 Å². The molecule has 1 nitrogen and oxygen atoms in total. The second kappa shape index (κ2) is 14.3. The van der Waals surface area contributed by atoms with Crippen LogP contribution in [0.15, 0.2) is 224 Å². The molecule has 0 radical (unpaired) electrons. The highest BCUT2D eigenvalue weighted by atomic mass is 15.1. The highest BCUT2D eigenvalue weighted by Crippen LogP contribution is 2.37. The maximum absolute atomic E-state index is 2.32. The third kappa shape index (κ3) is 6.77. The Balaban J connectivity index is 0.964. The van der Waals surface area contributed by atoms with E-state index in [0.717, 1.165) is 17.1 Å². The molecule has 250 valence electrons. The Hall–Kier alpha value is -6.96. The number of fused-ring (bicyclic) bond motifs is 1. The summed E-state index contributed by atoms with van der Waals surface area (Å²) in [6, 6.07) is 80.7. The number of anilines is 3. The van der Waals surface area contributed by atoms with E-state index in [1.165, 1.54) is 66.4 Å². The van der Waals surface area contributed by atoms with Crippen molar-refractivity contribution in [3.63, 3.8) is 0 Å². The molecule has 0 saturated heterocycles. The topological polar surface area (TPSA) is 3.24 Å². The van der Waals surface area contributed by atoms with Crippen LogP contribution in [0.2, 0.25) is 0 Å². The molecule has 0 amide bonds. The molecular formula is C52H37N. The molecule has 0 spiro atoms. The third-order valence-electron chi connectivity index (χ3n) is 10.1. The predicted molar refractivity (Wildman–Crippen MR) is 226 cm³/mol. The standard InChI is InChI=1S/C52H37N/c1-3-11-38(12-4-1)45-15-9-16-46(35-45)43-29-33-52(34-30-43)53(50-19-5-2-6-20-50)51-31-27-41(28-32-51)40-21-23-42(24-22-40)47-17-10-18-48(36-47)49-26-25-39-13-7-8-14-44(39)37-49/h1-37H. The molecule has 53 heavy (non-hydrogen) atoms. The summed E-state index contributed by atoms with van der Waals surface area (Å²) in [5, 5.41) is 2.52. The van der Waals surface area contributed by atoms with Crippen molar-refractivity contribution in [3.05, 3.63) is 224 Å². The van der Waals surface area contributed by atoms with Crippen molar-refractivity contribution in [2.75, 3.05) is 4.90 Å². The van der Waals surface area contributed by atoms with E-state index in [4.69, 9.17) is 0 Å². The van der Waals surface area contributed by atoms with E-state index >= 15 is 0 Å². The molecule has 0 bridgehead atoms. The molecule has 0 fully saturated rings. The first-order valence-electron chi connectivity index (χ1n) is 18.2. The Morgan fingerprint density at radius 3 is 1.04 bits per heavy atom. The molecule has 0 unspecified atom stereocenters. The molecule has 0 heterocycles. The zero-order valence-corrected chi connectivity index (χ0v) is 29.3. The van der Waals surface area contributed by atoms with E-state index in [0.29, 0.717) is 0 Å². The first-order chi connectivity index (χ1) is 26.2. The quantitative estimate of drug-likeness (QED) is 0.155. The average molecular weight is 676 g/mol. The van der Waals surface area contributed by atoms with Gasteiger partial charge in [-0.15, -0.1) is 0 Å². The first kappa shape index (κ1) is 32.0. The van der Waals surface area contributed by atoms with E-state index in [2.05, 4.69) is 229 Å². The van der Waals surface area contributed by atoms with Crippen LogP contribution in [0, 0.1) is 0 Å². The van der Waals surface area contributed by atoms with Gasteiger partial charge in [0.2, 0.25) is 0 Å². The van der Waals surface area contributed by atoms with Crippen LogP contribution >= 0.6 is 0 Å². The minimum absolute atomic E-state index is 1.11. The van der Waals surface area contributed by atoms with Gasteiger partial charge in [0.05, 0.1) is 0 Å². The molecule has 0 atom stereocenters. The van der Waals surface area contributed by atoms with Crippen molar-refractivity contribution in [2.24, 2.45) is 0 Å². The molecule has 0 N–H and O–H groups in total. The summed E-state index contributed by atoms with van der Waals surface area (Å²) >= 11 is 0. The molecule has 0 aromatic heterocycles. The summed E-state index contributed by atoms with van der Waals surface area (Å²) in [6.07, 6.45) is 0. The monoisotopic (exact) mass is 675 g/mol. The van der Waals surface area contributed by atoms with Gasteiger partial charge in [-0.1, -0.05) is 170 Å². The lowest BCUT2D eigenvalue weighted by atomic mass is 9.96.